The van der Waals surface area contributed by atoms with E-state index in [9.17, 15) is 4.79 Å². The van der Waals surface area contributed by atoms with Gasteiger partial charge in [0.25, 0.3) is 0 Å². The Morgan fingerprint density at radius 3 is 2.87 bits per heavy atom. The van der Waals surface area contributed by atoms with Crippen LogP contribution in [0.15, 0.2) is 24.5 Å². The molecule has 4 heteroatoms. The first-order chi connectivity index (χ1) is 7.20. The second-order valence-electron chi connectivity index (χ2n) is 3.40. The summed E-state index contributed by atoms with van der Waals surface area (Å²) in [5.74, 6) is -0.400. The van der Waals surface area contributed by atoms with Crippen molar-refractivity contribution < 1.29 is 9.90 Å². The van der Waals surface area contributed by atoms with Gasteiger partial charge in [-0.3, -0.25) is 9.78 Å². The lowest BCUT2D eigenvalue weighted by atomic mass is 10.1. The molecule has 4 nitrogen and oxygen atoms in total. The van der Waals surface area contributed by atoms with E-state index in [2.05, 4.69) is 4.98 Å². The van der Waals surface area contributed by atoms with Crippen LogP contribution in [0.2, 0.25) is 0 Å². The summed E-state index contributed by atoms with van der Waals surface area (Å²) in [6.07, 6.45) is 3.92. The molecule has 0 saturated heterocycles. The SMILES string of the molecule is CCC(CO)C(=O)N(C)c1cccnc1. The number of aliphatic hydroxyl groups excluding tert-OH is 1. The molecule has 0 aliphatic carbocycles. The largest absolute Gasteiger partial charge is 0.396 e. The first-order valence-electron chi connectivity index (χ1n) is 4.99. The van der Waals surface area contributed by atoms with Gasteiger partial charge in [0.05, 0.1) is 24.4 Å². The molecule has 1 aromatic rings. The monoisotopic (exact) mass is 208 g/mol. The van der Waals surface area contributed by atoms with Crippen LogP contribution in [0.5, 0.6) is 0 Å². The van der Waals surface area contributed by atoms with Gasteiger partial charge in [-0.25, -0.2) is 0 Å². The van der Waals surface area contributed by atoms with Crippen LogP contribution in [-0.4, -0.2) is 29.7 Å². The summed E-state index contributed by atoms with van der Waals surface area (Å²) < 4.78 is 0. The fourth-order valence-electron chi connectivity index (χ4n) is 1.34. The molecule has 1 aromatic heterocycles. The van der Waals surface area contributed by atoms with Crippen molar-refractivity contribution in [2.45, 2.75) is 13.3 Å². The van der Waals surface area contributed by atoms with Gasteiger partial charge in [-0.2, -0.15) is 0 Å². The van der Waals surface area contributed by atoms with E-state index in [0.29, 0.717) is 6.42 Å². The summed E-state index contributed by atoms with van der Waals surface area (Å²) in [5.41, 5.74) is 0.745. The summed E-state index contributed by atoms with van der Waals surface area (Å²) in [7, 11) is 1.69. The smallest absolute Gasteiger partial charge is 0.232 e. The van der Waals surface area contributed by atoms with Crippen molar-refractivity contribution in [2.75, 3.05) is 18.6 Å². The van der Waals surface area contributed by atoms with Crippen LogP contribution in [-0.2, 0) is 4.79 Å². The van der Waals surface area contributed by atoms with E-state index in [4.69, 9.17) is 5.11 Å². The Labute approximate surface area is 89.6 Å². The molecule has 1 amide bonds. The zero-order valence-electron chi connectivity index (χ0n) is 9.05. The molecule has 15 heavy (non-hydrogen) atoms. The fourth-order valence-corrected chi connectivity index (χ4v) is 1.34. The molecule has 1 rings (SSSR count). The third-order valence-electron chi connectivity index (χ3n) is 2.43. The number of aliphatic hydroxyl groups is 1. The van der Waals surface area contributed by atoms with E-state index in [0.717, 1.165) is 5.69 Å². The average Bonchev–Trinajstić information content (AvgIpc) is 2.30. The molecule has 0 aliphatic heterocycles. The molecule has 82 valence electrons. The predicted octanol–water partition coefficient (Wildman–Crippen LogP) is 1.06. The van der Waals surface area contributed by atoms with Crippen LogP contribution >= 0.6 is 0 Å². The first-order valence-corrected chi connectivity index (χ1v) is 4.99. The summed E-state index contributed by atoms with van der Waals surface area (Å²) in [6.45, 7) is 1.77. The van der Waals surface area contributed by atoms with E-state index in [1.807, 2.05) is 13.0 Å². The Kier molecular flexibility index (Phi) is 4.24. The fraction of sp³-hybridized carbons (Fsp3) is 0.455. The number of hydrogen-bond donors (Lipinski definition) is 1. The van der Waals surface area contributed by atoms with Gasteiger partial charge >= 0.3 is 0 Å². The maximum atomic E-state index is 11.8. The lowest BCUT2D eigenvalue weighted by Gasteiger charge is -2.21. The number of amides is 1. The molecule has 0 aromatic carbocycles. The van der Waals surface area contributed by atoms with Crippen molar-refractivity contribution >= 4 is 11.6 Å². The van der Waals surface area contributed by atoms with Crippen LogP contribution in [0.1, 0.15) is 13.3 Å². The summed E-state index contributed by atoms with van der Waals surface area (Å²) in [6, 6.07) is 3.59. The van der Waals surface area contributed by atoms with Gasteiger partial charge in [-0.1, -0.05) is 6.92 Å². The van der Waals surface area contributed by atoms with Crippen LogP contribution < -0.4 is 4.90 Å². The van der Waals surface area contributed by atoms with E-state index >= 15 is 0 Å². The number of nitrogens with zero attached hydrogens (tertiary/aromatic N) is 2. The van der Waals surface area contributed by atoms with Crippen molar-refractivity contribution in [3.05, 3.63) is 24.5 Å². The molecule has 1 atom stereocenters. The first kappa shape index (κ1) is 11.7. The lowest BCUT2D eigenvalue weighted by Crippen LogP contribution is -2.34. The molecule has 0 radical (unpaired) electrons. The quantitative estimate of drug-likeness (QED) is 0.805. The van der Waals surface area contributed by atoms with E-state index in [1.165, 1.54) is 4.90 Å². The highest BCUT2D eigenvalue weighted by Gasteiger charge is 2.20. The lowest BCUT2D eigenvalue weighted by molar-refractivity contribution is -0.123. The Bertz CT molecular complexity index is 310. The maximum Gasteiger partial charge on any atom is 0.232 e. The molecule has 1 N–H and O–H groups in total. The van der Waals surface area contributed by atoms with Crippen LogP contribution in [0.25, 0.3) is 0 Å². The predicted molar refractivity (Wildman–Crippen MR) is 58.5 cm³/mol. The van der Waals surface area contributed by atoms with Crippen molar-refractivity contribution in [3.8, 4) is 0 Å². The standard InChI is InChI=1S/C11H16N2O2/c1-3-9(8-14)11(15)13(2)10-5-4-6-12-7-10/h4-7,9,14H,3,8H2,1-2H3. The topological polar surface area (TPSA) is 53.4 Å². The third-order valence-corrected chi connectivity index (χ3v) is 2.43. The number of hydrogen-bond acceptors (Lipinski definition) is 3. The zero-order valence-corrected chi connectivity index (χ0v) is 9.05. The van der Waals surface area contributed by atoms with E-state index in [-0.39, 0.29) is 18.4 Å². The van der Waals surface area contributed by atoms with Crippen molar-refractivity contribution in [1.29, 1.82) is 0 Å². The molecular formula is C11H16N2O2. The minimum absolute atomic E-state index is 0.0759. The van der Waals surface area contributed by atoms with Gasteiger partial charge in [0, 0.05) is 13.2 Å². The highest BCUT2D eigenvalue weighted by molar-refractivity contribution is 5.94. The van der Waals surface area contributed by atoms with Crippen molar-refractivity contribution in [2.24, 2.45) is 5.92 Å². The molecule has 0 saturated carbocycles. The van der Waals surface area contributed by atoms with E-state index in [1.54, 1.807) is 25.5 Å². The second-order valence-corrected chi connectivity index (χ2v) is 3.40. The Balaban J connectivity index is 2.76. The molecule has 0 bridgehead atoms. The summed E-state index contributed by atoms with van der Waals surface area (Å²) in [4.78, 5) is 17.3. The van der Waals surface area contributed by atoms with Gasteiger partial charge in [-0.05, 0) is 18.6 Å². The summed E-state index contributed by atoms with van der Waals surface area (Å²) >= 11 is 0. The van der Waals surface area contributed by atoms with Gasteiger partial charge in [0.15, 0.2) is 0 Å². The van der Waals surface area contributed by atoms with Crippen molar-refractivity contribution in [1.82, 2.24) is 4.98 Å². The maximum absolute atomic E-state index is 11.8. The molecule has 0 fully saturated rings. The molecule has 1 heterocycles. The van der Waals surface area contributed by atoms with Crippen LogP contribution in [0.3, 0.4) is 0 Å². The Morgan fingerprint density at radius 1 is 1.67 bits per heavy atom. The van der Waals surface area contributed by atoms with Gasteiger partial charge in [-0.15, -0.1) is 0 Å². The highest BCUT2D eigenvalue weighted by Crippen LogP contribution is 2.14. The minimum Gasteiger partial charge on any atom is -0.396 e. The summed E-state index contributed by atoms with van der Waals surface area (Å²) in [5, 5.41) is 9.03. The number of rotatable bonds is 4. The van der Waals surface area contributed by atoms with Crippen LogP contribution in [0.4, 0.5) is 5.69 Å². The van der Waals surface area contributed by atoms with Crippen molar-refractivity contribution in [3.63, 3.8) is 0 Å². The normalized spacial score (nSPS) is 12.2. The molecule has 0 aliphatic rings. The third kappa shape index (κ3) is 2.76. The van der Waals surface area contributed by atoms with Gasteiger partial charge in [0.2, 0.25) is 5.91 Å². The highest BCUT2D eigenvalue weighted by atomic mass is 16.3. The molecule has 0 spiro atoms. The van der Waals surface area contributed by atoms with Crippen LogP contribution in [0, 0.1) is 5.92 Å². The Hall–Kier alpha value is -1.42. The molecule has 1 unspecified atom stereocenters. The number of carbonyl (C=O) groups excluding carboxylic acids is 1. The number of pyridine rings is 1. The zero-order chi connectivity index (χ0) is 11.3. The number of aromatic nitrogens is 1. The Morgan fingerprint density at radius 2 is 2.40 bits per heavy atom. The minimum atomic E-state index is -0.324. The number of carbonyl (C=O) groups is 1. The second kappa shape index (κ2) is 5.46. The average molecular weight is 208 g/mol. The number of anilines is 1. The van der Waals surface area contributed by atoms with Gasteiger partial charge < -0.3 is 10.0 Å². The molecular weight excluding hydrogens is 192 g/mol. The van der Waals surface area contributed by atoms with Gasteiger partial charge in [0.1, 0.15) is 0 Å². The van der Waals surface area contributed by atoms with E-state index < -0.39 is 0 Å².